The van der Waals surface area contributed by atoms with E-state index in [4.69, 9.17) is 14.2 Å². The molecule has 7 heteroatoms. The Morgan fingerprint density at radius 2 is 1.76 bits per heavy atom. The highest BCUT2D eigenvalue weighted by molar-refractivity contribution is 5.96. The summed E-state index contributed by atoms with van der Waals surface area (Å²) in [5.41, 5.74) is 3.05. The van der Waals surface area contributed by atoms with Gasteiger partial charge in [0.15, 0.2) is 30.0 Å². The largest absolute Gasteiger partial charge is 0.493 e. The Bertz CT molecular complexity index is 922. The molecule has 0 aliphatic rings. The highest BCUT2D eigenvalue weighted by Crippen LogP contribution is 2.28. The van der Waals surface area contributed by atoms with Crippen molar-refractivity contribution in [3.05, 3.63) is 53.1 Å². The second kappa shape index (κ2) is 9.73. The van der Waals surface area contributed by atoms with Crippen LogP contribution in [-0.2, 0) is 14.3 Å². The van der Waals surface area contributed by atoms with Crippen LogP contribution in [0.15, 0.2) is 36.4 Å². The quantitative estimate of drug-likeness (QED) is 0.540. The Morgan fingerprint density at radius 3 is 2.41 bits per heavy atom. The summed E-state index contributed by atoms with van der Waals surface area (Å²) in [7, 11) is 1.43. The van der Waals surface area contributed by atoms with Crippen molar-refractivity contribution < 1.29 is 28.6 Å². The van der Waals surface area contributed by atoms with Gasteiger partial charge in [0.1, 0.15) is 0 Å². The number of rotatable bonds is 8. The number of ether oxygens (including phenoxy) is 3. The van der Waals surface area contributed by atoms with E-state index < -0.39 is 24.6 Å². The molecule has 0 saturated carbocycles. The predicted octanol–water partition coefficient (Wildman–Crippen LogP) is 3.46. The maximum absolute atomic E-state index is 12.3. The molecule has 7 nitrogen and oxygen atoms in total. The molecule has 0 fully saturated rings. The standard InChI is InChI=1S/C22H25NO6/c1-13-6-7-14(2)18(10-13)23-22(26)16(4)29-21(25)12-28-19-9-8-17(15(3)24)11-20(19)27-5/h6-11,16H,12H2,1-5H3,(H,23,26)/t16-/m0/s1. The number of carbonyl (C=O) groups excluding carboxylic acids is 3. The van der Waals surface area contributed by atoms with Crippen molar-refractivity contribution in [2.75, 3.05) is 19.0 Å². The average molecular weight is 399 g/mol. The number of Topliss-reactive ketones (excluding diaryl/α,β-unsaturated/α-hetero) is 1. The first kappa shape index (κ1) is 21.9. The Kier molecular flexibility index (Phi) is 7.36. The average Bonchev–Trinajstić information content (AvgIpc) is 2.68. The minimum absolute atomic E-state index is 0.113. The number of aryl methyl sites for hydroxylation is 2. The van der Waals surface area contributed by atoms with E-state index in [1.54, 1.807) is 12.1 Å². The van der Waals surface area contributed by atoms with Gasteiger partial charge < -0.3 is 19.5 Å². The van der Waals surface area contributed by atoms with E-state index in [-0.39, 0.29) is 5.78 Å². The molecule has 0 aliphatic carbocycles. The lowest BCUT2D eigenvalue weighted by Gasteiger charge is -2.16. The molecule has 2 aromatic rings. The fourth-order valence-corrected chi connectivity index (χ4v) is 2.53. The van der Waals surface area contributed by atoms with E-state index in [0.717, 1.165) is 11.1 Å². The van der Waals surface area contributed by atoms with Gasteiger partial charge in [-0.3, -0.25) is 9.59 Å². The van der Waals surface area contributed by atoms with Crippen LogP contribution in [0, 0.1) is 13.8 Å². The van der Waals surface area contributed by atoms with Crippen molar-refractivity contribution >= 4 is 23.3 Å². The predicted molar refractivity (Wildman–Crippen MR) is 109 cm³/mol. The van der Waals surface area contributed by atoms with Crippen molar-refractivity contribution in [3.8, 4) is 11.5 Å². The highest BCUT2D eigenvalue weighted by Gasteiger charge is 2.19. The lowest BCUT2D eigenvalue weighted by atomic mass is 10.1. The van der Waals surface area contributed by atoms with E-state index in [9.17, 15) is 14.4 Å². The van der Waals surface area contributed by atoms with Crippen LogP contribution in [0.5, 0.6) is 11.5 Å². The second-order valence-corrected chi connectivity index (χ2v) is 6.65. The molecule has 2 rings (SSSR count). The van der Waals surface area contributed by atoms with E-state index in [0.29, 0.717) is 22.7 Å². The molecule has 2 aromatic carbocycles. The number of ketones is 1. The van der Waals surface area contributed by atoms with Crippen LogP contribution in [-0.4, -0.2) is 37.5 Å². The fourth-order valence-electron chi connectivity index (χ4n) is 2.53. The molecular weight excluding hydrogens is 374 g/mol. The van der Waals surface area contributed by atoms with Gasteiger partial charge in [0.25, 0.3) is 5.91 Å². The summed E-state index contributed by atoms with van der Waals surface area (Å²) in [6.45, 7) is 6.33. The molecular formula is C22H25NO6. The summed E-state index contributed by atoms with van der Waals surface area (Å²) in [6, 6.07) is 10.3. The third-order valence-corrected chi connectivity index (χ3v) is 4.24. The number of carbonyl (C=O) groups is 3. The number of hydrogen-bond donors (Lipinski definition) is 1. The first-order valence-electron chi connectivity index (χ1n) is 9.10. The van der Waals surface area contributed by atoms with Gasteiger partial charge in [-0.2, -0.15) is 0 Å². The van der Waals surface area contributed by atoms with E-state index in [2.05, 4.69) is 5.32 Å². The topological polar surface area (TPSA) is 90.9 Å². The van der Waals surface area contributed by atoms with Crippen LogP contribution < -0.4 is 14.8 Å². The molecule has 0 aliphatic heterocycles. The summed E-state index contributed by atoms with van der Waals surface area (Å²) in [6.07, 6.45) is -0.993. The Hall–Kier alpha value is -3.35. The number of methoxy groups -OCH3 is 1. The van der Waals surface area contributed by atoms with Crippen LogP contribution in [0.2, 0.25) is 0 Å². The maximum Gasteiger partial charge on any atom is 0.344 e. The van der Waals surface area contributed by atoms with Gasteiger partial charge >= 0.3 is 5.97 Å². The summed E-state index contributed by atoms with van der Waals surface area (Å²) in [5.74, 6) is -0.632. The van der Waals surface area contributed by atoms with Crippen LogP contribution in [0.4, 0.5) is 5.69 Å². The monoisotopic (exact) mass is 399 g/mol. The number of hydrogen-bond acceptors (Lipinski definition) is 6. The summed E-state index contributed by atoms with van der Waals surface area (Å²) < 4.78 is 15.7. The molecule has 0 heterocycles. The number of nitrogens with one attached hydrogen (secondary N) is 1. The maximum atomic E-state index is 12.3. The fraction of sp³-hybridized carbons (Fsp3) is 0.318. The van der Waals surface area contributed by atoms with Gasteiger partial charge in [-0.05, 0) is 63.1 Å². The number of anilines is 1. The van der Waals surface area contributed by atoms with E-state index in [1.807, 2.05) is 32.0 Å². The molecule has 0 radical (unpaired) electrons. The Balaban J connectivity index is 1.92. The van der Waals surface area contributed by atoms with Gasteiger partial charge in [0.05, 0.1) is 7.11 Å². The van der Waals surface area contributed by atoms with Crippen LogP contribution in [0.1, 0.15) is 35.3 Å². The second-order valence-electron chi connectivity index (χ2n) is 6.65. The first-order valence-corrected chi connectivity index (χ1v) is 9.10. The number of esters is 1. The number of benzene rings is 2. The molecule has 154 valence electrons. The van der Waals surface area contributed by atoms with Crippen molar-refractivity contribution in [2.24, 2.45) is 0 Å². The normalized spacial score (nSPS) is 11.3. The Labute approximate surface area is 170 Å². The van der Waals surface area contributed by atoms with Crippen molar-refractivity contribution in [3.63, 3.8) is 0 Å². The summed E-state index contributed by atoms with van der Waals surface area (Å²) in [5, 5.41) is 2.76. The van der Waals surface area contributed by atoms with E-state index >= 15 is 0 Å². The molecule has 1 N–H and O–H groups in total. The van der Waals surface area contributed by atoms with Gasteiger partial charge in [-0.15, -0.1) is 0 Å². The van der Waals surface area contributed by atoms with Crippen LogP contribution in [0.25, 0.3) is 0 Å². The van der Waals surface area contributed by atoms with Crippen molar-refractivity contribution in [2.45, 2.75) is 33.8 Å². The van der Waals surface area contributed by atoms with E-state index in [1.165, 1.54) is 27.0 Å². The molecule has 0 unspecified atom stereocenters. The van der Waals surface area contributed by atoms with Gasteiger partial charge in [-0.1, -0.05) is 12.1 Å². The summed E-state index contributed by atoms with van der Waals surface area (Å²) in [4.78, 5) is 35.8. The zero-order valence-electron chi connectivity index (χ0n) is 17.2. The zero-order valence-corrected chi connectivity index (χ0v) is 17.2. The first-order chi connectivity index (χ1) is 13.7. The Morgan fingerprint density at radius 1 is 1.03 bits per heavy atom. The molecule has 0 bridgehead atoms. The van der Waals surface area contributed by atoms with Crippen molar-refractivity contribution in [1.29, 1.82) is 0 Å². The highest BCUT2D eigenvalue weighted by atomic mass is 16.6. The van der Waals surface area contributed by atoms with Crippen LogP contribution in [0.3, 0.4) is 0 Å². The molecule has 29 heavy (non-hydrogen) atoms. The SMILES string of the molecule is COc1cc(C(C)=O)ccc1OCC(=O)O[C@@H](C)C(=O)Nc1cc(C)ccc1C. The molecule has 0 spiro atoms. The lowest BCUT2D eigenvalue weighted by Crippen LogP contribution is -2.32. The van der Waals surface area contributed by atoms with Gasteiger partial charge in [-0.25, -0.2) is 4.79 Å². The molecule has 1 amide bonds. The smallest absolute Gasteiger partial charge is 0.344 e. The summed E-state index contributed by atoms with van der Waals surface area (Å²) >= 11 is 0. The van der Waals surface area contributed by atoms with Gasteiger partial charge in [0, 0.05) is 11.3 Å². The van der Waals surface area contributed by atoms with Crippen molar-refractivity contribution in [1.82, 2.24) is 0 Å². The molecule has 0 aromatic heterocycles. The number of amides is 1. The zero-order chi connectivity index (χ0) is 21.6. The minimum atomic E-state index is -0.993. The molecule has 0 saturated heterocycles. The lowest BCUT2D eigenvalue weighted by molar-refractivity contribution is -0.155. The third-order valence-electron chi connectivity index (χ3n) is 4.24. The molecule has 1 atom stereocenters. The van der Waals surface area contributed by atoms with Crippen LogP contribution >= 0.6 is 0 Å². The third kappa shape index (κ3) is 6.07. The minimum Gasteiger partial charge on any atom is -0.493 e. The van der Waals surface area contributed by atoms with Gasteiger partial charge in [0.2, 0.25) is 0 Å².